The summed E-state index contributed by atoms with van der Waals surface area (Å²) in [5, 5.41) is 13.3. The maximum absolute atomic E-state index is 13.1. The van der Waals surface area contributed by atoms with Crippen molar-refractivity contribution < 1.29 is 27.9 Å². The molecule has 0 atom stereocenters. The summed E-state index contributed by atoms with van der Waals surface area (Å²) in [6.07, 6.45) is -4.57. The van der Waals surface area contributed by atoms with Crippen LogP contribution in [0.15, 0.2) is 41.5 Å². The topological polar surface area (TPSA) is 84.5 Å². The van der Waals surface area contributed by atoms with Gasteiger partial charge in [-0.3, -0.25) is 19.3 Å². The summed E-state index contributed by atoms with van der Waals surface area (Å²) < 4.78 is 40.4. The monoisotopic (exact) mass is 353 g/mol. The highest BCUT2D eigenvalue weighted by molar-refractivity contribution is 6.11. The van der Waals surface area contributed by atoms with E-state index in [-0.39, 0.29) is 17.0 Å². The minimum Gasteiger partial charge on any atom is -0.507 e. The molecule has 0 fully saturated rings. The maximum Gasteiger partial charge on any atom is 0.429 e. The SMILES string of the molecule is Cn1nccc1C(=O)CC(=NCC(=O)c1ccccc1O)C(F)(F)F. The predicted octanol–water partition coefficient (Wildman–Crippen LogP) is 2.58. The van der Waals surface area contributed by atoms with E-state index in [4.69, 9.17) is 0 Å². The Bertz CT molecular complexity index is 825. The Morgan fingerprint density at radius 2 is 1.88 bits per heavy atom. The van der Waals surface area contributed by atoms with Crippen molar-refractivity contribution in [1.29, 1.82) is 0 Å². The van der Waals surface area contributed by atoms with Crippen LogP contribution in [0.1, 0.15) is 27.3 Å². The predicted molar refractivity (Wildman–Crippen MR) is 82.9 cm³/mol. The van der Waals surface area contributed by atoms with Crippen LogP contribution in [0.2, 0.25) is 0 Å². The fourth-order valence-electron chi connectivity index (χ4n) is 2.10. The van der Waals surface area contributed by atoms with Gasteiger partial charge >= 0.3 is 6.18 Å². The number of alkyl halides is 3. The third kappa shape index (κ3) is 4.52. The molecule has 2 rings (SSSR count). The molecule has 0 amide bonds. The molecule has 0 saturated carbocycles. The van der Waals surface area contributed by atoms with Crippen LogP contribution in [0.3, 0.4) is 0 Å². The fourth-order valence-corrected chi connectivity index (χ4v) is 2.10. The zero-order valence-corrected chi connectivity index (χ0v) is 13.1. The molecule has 0 saturated heterocycles. The van der Waals surface area contributed by atoms with Crippen molar-refractivity contribution >= 4 is 17.3 Å². The van der Waals surface area contributed by atoms with Gasteiger partial charge < -0.3 is 5.11 Å². The summed E-state index contributed by atoms with van der Waals surface area (Å²) in [6.45, 7) is -0.828. The van der Waals surface area contributed by atoms with Gasteiger partial charge in [0.15, 0.2) is 11.6 Å². The number of carbonyl (C=O) groups is 2. The molecule has 6 nitrogen and oxygen atoms in total. The summed E-state index contributed by atoms with van der Waals surface area (Å²) in [5.41, 5.74) is -1.49. The normalized spacial score (nSPS) is 12.2. The van der Waals surface area contributed by atoms with Crippen molar-refractivity contribution in [2.45, 2.75) is 12.6 Å². The number of aliphatic imine (C=N–C) groups is 1. The Kier molecular flexibility index (Phi) is 5.35. The van der Waals surface area contributed by atoms with E-state index < -0.39 is 36.4 Å². The fraction of sp³-hybridized carbons (Fsp3) is 0.250. The molecule has 0 spiro atoms. The van der Waals surface area contributed by atoms with Gasteiger partial charge in [-0.1, -0.05) is 12.1 Å². The number of benzene rings is 1. The molecule has 1 aromatic carbocycles. The number of rotatable bonds is 6. The largest absolute Gasteiger partial charge is 0.507 e. The van der Waals surface area contributed by atoms with E-state index in [0.717, 1.165) is 4.68 Å². The molecular weight excluding hydrogens is 339 g/mol. The summed E-state index contributed by atoms with van der Waals surface area (Å²) in [4.78, 5) is 27.2. The van der Waals surface area contributed by atoms with E-state index in [1.807, 2.05) is 0 Å². The minimum absolute atomic E-state index is 0.00369. The Hall–Kier alpha value is -2.97. The van der Waals surface area contributed by atoms with E-state index in [0.29, 0.717) is 0 Å². The number of aromatic hydroxyl groups is 1. The molecule has 1 aromatic heterocycles. The average molecular weight is 353 g/mol. The number of hydrogen-bond acceptors (Lipinski definition) is 5. The van der Waals surface area contributed by atoms with E-state index in [1.165, 1.54) is 43.6 Å². The van der Waals surface area contributed by atoms with Crippen molar-refractivity contribution in [3.8, 4) is 5.75 Å². The van der Waals surface area contributed by atoms with Gasteiger partial charge in [-0.25, -0.2) is 0 Å². The molecule has 132 valence electrons. The molecule has 1 heterocycles. The second-order valence-corrected chi connectivity index (χ2v) is 5.14. The quantitative estimate of drug-likeness (QED) is 0.639. The first-order chi connectivity index (χ1) is 11.7. The first kappa shape index (κ1) is 18.4. The van der Waals surface area contributed by atoms with Crippen LogP contribution in [-0.2, 0) is 7.05 Å². The zero-order chi connectivity index (χ0) is 18.6. The minimum atomic E-state index is -4.85. The molecule has 9 heteroatoms. The molecule has 0 aliphatic heterocycles. The lowest BCUT2D eigenvalue weighted by molar-refractivity contribution is -0.0603. The number of carbonyl (C=O) groups excluding carboxylic acids is 2. The van der Waals surface area contributed by atoms with Crippen LogP contribution in [-0.4, -0.2) is 44.9 Å². The van der Waals surface area contributed by atoms with Crippen LogP contribution < -0.4 is 0 Å². The Balaban J connectivity index is 2.19. The number of phenolic OH excluding ortho intramolecular Hbond substituents is 1. The maximum atomic E-state index is 13.1. The molecule has 25 heavy (non-hydrogen) atoms. The van der Waals surface area contributed by atoms with E-state index in [2.05, 4.69) is 10.1 Å². The summed E-state index contributed by atoms with van der Waals surface area (Å²) in [7, 11) is 1.43. The smallest absolute Gasteiger partial charge is 0.429 e. The zero-order valence-electron chi connectivity index (χ0n) is 13.1. The van der Waals surface area contributed by atoms with Gasteiger partial charge in [-0.05, 0) is 18.2 Å². The first-order valence-electron chi connectivity index (χ1n) is 7.13. The van der Waals surface area contributed by atoms with Crippen molar-refractivity contribution in [3.63, 3.8) is 0 Å². The third-order valence-corrected chi connectivity index (χ3v) is 3.38. The van der Waals surface area contributed by atoms with Gasteiger partial charge in [0.2, 0.25) is 0 Å². The number of aromatic nitrogens is 2. The van der Waals surface area contributed by atoms with Gasteiger partial charge in [0.1, 0.15) is 23.7 Å². The van der Waals surface area contributed by atoms with Crippen LogP contribution in [0, 0.1) is 0 Å². The lowest BCUT2D eigenvalue weighted by Gasteiger charge is -2.10. The van der Waals surface area contributed by atoms with E-state index in [1.54, 1.807) is 0 Å². The number of Topliss-reactive ketones (excluding diaryl/α,β-unsaturated/α-hetero) is 2. The number of halogens is 3. The summed E-state index contributed by atoms with van der Waals surface area (Å²) in [5.74, 6) is -1.94. The van der Waals surface area contributed by atoms with Crippen LogP contribution in [0.4, 0.5) is 13.2 Å². The average Bonchev–Trinajstić information content (AvgIpc) is 2.96. The third-order valence-electron chi connectivity index (χ3n) is 3.38. The number of para-hydroxylation sites is 1. The molecular formula is C16H14F3N3O3. The molecule has 0 radical (unpaired) electrons. The first-order valence-corrected chi connectivity index (χ1v) is 7.13. The highest BCUT2D eigenvalue weighted by atomic mass is 19.4. The Morgan fingerprint density at radius 1 is 1.20 bits per heavy atom. The van der Waals surface area contributed by atoms with Gasteiger partial charge in [0, 0.05) is 13.2 Å². The van der Waals surface area contributed by atoms with Crippen LogP contribution >= 0.6 is 0 Å². The van der Waals surface area contributed by atoms with Crippen LogP contribution in [0.5, 0.6) is 5.75 Å². The molecule has 1 N–H and O–H groups in total. The number of phenols is 1. The number of hydrogen-bond donors (Lipinski definition) is 1. The summed E-state index contributed by atoms with van der Waals surface area (Å²) >= 11 is 0. The lowest BCUT2D eigenvalue weighted by Crippen LogP contribution is -2.27. The van der Waals surface area contributed by atoms with Crippen LogP contribution in [0.25, 0.3) is 0 Å². The second-order valence-electron chi connectivity index (χ2n) is 5.14. The van der Waals surface area contributed by atoms with Gasteiger partial charge in [-0.2, -0.15) is 18.3 Å². The van der Waals surface area contributed by atoms with Crippen molar-refractivity contribution in [2.24, 2.45) is 12.0 Å². The van der Waals surface area contributed by atoms with E-state index in [9.17, 15) is 27.9 Å². The Morgan fingerprint density at radius 3 is 2.44 bits per heavy atom. The standard InChI is InChI=1S/C16H14F3N3O3/c1-22-11(6-7-21-22)13(24)8-15(16(17,18)19)20-9-14(25)10-4-2-3-5-12(10)23/h2-7,23H,8-9H2,1H3. The number of aryl methyl sites for hydroxylation is 1. The Labute approximate surface area is 140 Å². The van der Waals surface area contributed by atoms with Gasteiger partial charge in [0.25, 0.3) is 0 Å². The van der Waals surface area contributed by atoms with Crippen molar-refractivity contribution in [2.75, 3.05) is 6.54 Å². The van der Waals surface area contributed by atoms with Crippen molar-refractivity contribution in [3.05, 3.63) is 47.8 Å². The molecule has 0 aliphatic carbocycles. The molecule has 2 aromatic rings. The number of ketones is 2. The van der Waals surface area contributed by atoms with Crippen molar-refractivity contribution in [1.82, 2.24) is 9.78 Å². The molecule has 0 unspecified atom stereocenters. The number of nitrogens with zero attached hydrogens (tertiary/aromatic N) is 3. The molecule has 0 bridgehead atoms. The highest BCUT2D eigenvalue weighted by Crippen LogP contribution is 2.22. The second kappa shape index (κ2) is 7.29. The molecule has 0 aliphatic rings. The van der Waals surface area contributed by atoms with E-state index >= 15 is 0 Å². The van der Waals surface area contributed by atoms with Gasteiger partial charge in [-0.15, -0.1) is 0 Å². The lowest BCUT2D eigenvalue weighted by atomic mass is 10.1. The van der Waals surface area contributed by atoms with Gasteiger partial charge in [0.05, 0.1) is 12.0 Å². The highest BCUT2D eigenvalue weighted by Gasteiger charge is 2.37. The summed E-state index contributed by atoms with van der Waals surface area (Å²) in [6, 6.07) is 6.76.